The second kappa shape index (κ2) is 8.82. The summed E-state index contributed by atoms with van der Waals surface area (Å²) in [4.78, 5) is 24.6. The van der Waals surface area contributed by atoms with Gasteiger partial charge < -0.3 is 19.2 Å². The lowest BCUT2D eigenvalue weighted by Gasteiger charge is -2.14. The molecule has 0 unspecified atom stereocenters. The number of carbonyl (C=O) groups is 2. The van der Waals surface area contributed by atoms with Gasteiger partial charge in [0.2, 0.25) is 0 Å². The number of hydrogen-bond donors (Lipinski definition) is 1. The SMILES string of the molecule is COc1ccccc1CNC(=O)[C@H](C)OC(=O)Cc1coc2c(C)c(C)ccc12. The van der Waals surface area contributed by atoms with E-state index in [4.69, 9.17) is 13.9 Å². The molecule has 0 fully saturated rings. The largest absolute Gasteiger partial charge is 0.496 e. The first-order chi connectivity index (χ1) is 13.9. The van der Waals surface area contributed by atoms with Crippen molar-refractivity contribution in [1.29, 1.82) is 0 Å². The third kappa shape index (κ3) is 4.59. The van der Waals surface area contributed by atoms with Gasteiger partial charge in [-0.3, -0.25) is 9.59 Å². The van der Waals surface area contributed by atoms with Gasteiger partial charge in [-0.2, -0.15) is 0 Å². The maximum absolute atomic E-state index is 12.3. The molecule has 1 atom stereocenters. The van der Waals surface area contributed by atoms with Gasteiger partial charge in [-0.15, -0.1) is 0 Å². The van der Waals surface area contributed by atoms with E-state index in [1.807, 2.05) is 50.2 Å². The number of para-hydroxylation sites is 1. The zero-order valence-electron chi connectivity index (χ0n) is 17.1. The van der Waals surface area contributed by atoms with Crippen molar-refractivity contribution in [2.24, 2.45) is 0 Å². The molecule has 1 aromatic heterocycles. The standard InChI is InChI=1S/C23H25NO5/c1-14-9-10-19-18(13-28-22(19)15(14)2)11-21(25)29-16(3)23(26)24-12-17-7-5-6-8-20(17)27-4/h5-10,13,16H,11-12H2,1-4H3,(H,24,26)/t16-/m0/s1. The van der Waals surface area contributed by atoms with Crippen LogP contribution in [0.3, 0.4) is 0 Å². The number of ether oxygens (including phenoxy) is 2. The van der Waals surface area contributed by atoms with E-state index in [2.05, 4.69) is 5.32 Å². The molecule has 0 spiro atoms. The van der Waals surface area contributed by atoms with E-state index in [1.54, 1.807) is 20.3 Å². The number of methoxy groups -OCH3 is 1. The molecule has 1 heterocycles. The van der Waals surface area contributed by atoms with Crippen LogP contribution in [0, 0.1) is 13.8 Å². The van der Waals surface area contributed by atoms with Gasteiger partial charge in [0, 0.05) is 23.1 Å². The molecule has 2 aromatic carbocycles. The van der Waals surface area contributed by atoms with Gasteiger partial charge in [-0.1, -0.05) is 30.3 Å². The number of nitrogens with one attached hydrogen (secondary N) is 1. The average molecular weight is 395 g/mol. The van der Waals surface area contributed by atoms with Crippen molar-refractivity contribution < 1.29 is 23.5 Å². The summed E-state index contributed by atoms with van der Waals surface area (Å²) in [6.07, 6.45) is 0.712. The highest BCUT2D eigenvalue weighted by molar-refractivity contribution is 5.89. The summed E-state index contributed by atoms with van der Waals surface area (Å²) in [7, 11) is 1.58. The Morgan fingerprint density at radius 2 is 1.86 bits per heavy atom. The lowest BCUT2D eigenvalue weighted by Crippen LogP contribution is -2.35. The summed E-state index contributed by atoms with van der Waals surface area (Å²) in [5.41, 5.74) is 4.54. The molecular formula is C23H25NO5. The Kier molecular flexibility index (Phi) is 6.22. The zero-order chi connectivity index (χ0) is 21.0. The Bertz CT molecular complexity index is 1040. The summed E-state index contributed by atoms with van der Waals surface area (Å²) in [5.74, 6) is -0.159. The second-order valence-corrected chi connectivity index (χ2v) is 6.98. The molecule has 1 amide bonds. The number of amides is 1. The quantitative estimate of drug-likeness (QED) is 0.615. The highest BCUT2D eigenvalue weighted by Crippen LogP contribution is 2.27. The maximum atomic E-state index is 12.3. The number of esters is 1. The summed E-state index contributed by atoms with van der Waals surface area (Å²) >= 11 is 0. The third-order valence-electron chi connectivity index (χ3n) is 5.00. The Hall–Kier alpha value is -3.28. The number of fused-ring (bicyclic) bond motifs is 1. The molecular weight excluding hydrogens is 370 g/mol. The van der Waals surface area contributed by atoms with Gasteiger partial charge in [0.1, 0.15) is 11.3 Å². The second-order valence-electron chi connectivity index (χ2n) is 6.98. The van der Waals surface area contributed by atoms with Crippen LogP contribution in [0.15, 0.2) is 47.1 Å². The van der Waals surface area contributed by atoms with Crippen LogP contribution < -0.4 is 10.1 Å². The lowest BCUT2D eigenvalue weighted by molar-refractivity contribution is -0.154. The molecule has 0 saturated heterocycles. The van der Waals surface area contributed by atoms with E-state index in [-0.39, 0.29) is 18.9 Å². The van der Waals surface area contributed by atoms with Crippen LogP contribution >= 0.6 is 0 Å². The van der Waals surface area contributed by atoms with E-state index < -0.39 is 12.1 Å². The molecule has 0 aliphatic carbocycles. The Morgan fingerprint density at radius 3 is 2.62 bits per heavy atom. The van der Waals surface area contributed by atoms with Gasteiger partial charge in [0.15, 0.2) is 6.10 Å². The molecule has 0 aliphatic heterocycles. The van der Waals surface area contributed by atoms with Crippen LogP contribution in [-0.4, -0.2) is 25.1 Å². The minimum atomic E-state index is -0.903. The van der Waals surface area contributed by atoms with Crippen molar-refractivity contribution >= 4 is 22.8 Å². The van der Waals surface area contributed by atoms with Gasteiger partial charge in [0.25, 0.3) is 5.91 Å². The zero-order valence-corrected chi connectivity index (χ0v) is 17.1. The Labute approximate surface area is 169 Å². The fourth-order valence-electron chi connectivity index (χ4n) is 3.15. The molecule has 6 heteroatoms. The number of carbonyl (C=O) groups excluding carboxylic acids is 2. The normalized spacial score (nSPS) is 11.9. The van der Waals surface area contributed by atoms with Crippen molar-refractivity contribution in [3.8, 4) is 5.75 Å². The molecule has 29 heavy (non-hydrogen) atoms. The Balaban J connectivity index is 1.57. The maximum Gasteiger partial charge on any atom is 0.311 e. The van der Waals surface area contributed by atoms with Crippen molar-refractivity contribution in [2.45, 2.75) is 39.8 Å². The topological polar surface area (TPSA) is 77.8 Å². The number of benzene rings is 2. The highest BCUT2D eigenvalue weighted by atomic mass is 16.5. The highest BCUT2D eigenvalue weighted by Gasteiger charge is 2.20. The predicted molar refractivity (Wildman–Crippen MR) is 110 cm³/mol. The van der Waals surface area contributed by atoms with Crippen LogP contribution in [0.25, 0.3) is 11.0 Å². The molecule has 3 rings (SSSR count). The first-order valence-electron chi connectivity index (χ1n) is 9.46. The minimum Gasteiger partial charge on any atom is -0.496 e. The van der Waals surface area contributed by atoms with E-state index >= 15 is 0 Å². The number of furan rings is 1. The molecule has 0 radical (unpaired) electrons. The predicted octanol–water partition coefficient (Wildman–Crippen LogP) is 3.85. The smallest absolute Gasteiger partial charge is 0.311 e. The van der Waals surface area contributed by atoms with Crippen molar-refractivity contribution in [3.63, 3.8) is 0 Å². The van der Waals surface area contributed by atoms with Crippen molar-refractivity contribution in [3.05, 3.63) is 64.9 Å². The summed E-state index contributed by atoms with van der Waals surface area (Å²) < 4.78 is 16.2. The van der Waals surface area contributed by atoms with Gasteiger partial charge >= 0.3 is 5.97 Å². The van der Waals surface area contributed by atoms with Crippen LogP contribution in [0.1, 0.15) is 29.2 Å². The summed E-state index contributed by atoms with van der Waals surface area (Å²) in [6, 6.07) is 11.3. The van der Waals surface area contributed by atoms with Crippen molar-refractivity contribution in [2.75, 3.05) is 7.11 Å². The van der Waals surface area contributed by atoms with E-state index in [0.717, 1.165) is 33.2 Å². The molecule has 152 valence electrons. The average Bonchev–Trinajstić information content (AvgIpc) is 3.12. The number of hydrogen-bond acceptors (Lipinski definition) is 5. The van der Waals surface area contributed by atoms with E-state index in [1.165, 1.54) is 0 Å². The van der Waals surface area contributed by atoms with Gasteiger partial charge in [0.05, 0.1) is 19.8 Å². The summed E-state index contributed by atoms with van der Waals surface area (Å²) in [6.45, 7) is 5.83. The van der Waals surface area contributed by atoms with Crippen LogP contribution in [-0.2, 0) is 27.3 Å². The molecule has 0 saturated carbocycles. The fourth-order valence-corrected chi connectivity index (χ4v) is 3.15. The van der Waals surface area contributed by atoms with Gasteiger partial charge in [-0.25, -0.2) is 0 Å². The molecule has 0 bridgehead atoms. The van der Waals surface area contributed by atoms with Crippen LogP contribution in [0.4, 0.5) is 0 Å². The minimum absolute atomic E-state index is 0.0413. The Morgan fingerprint density at radius 1 is 1.10 bits per heavy atom. The first kappa shape index (κ1) is 20.5. The van der Waals surface area contributed by atoms with Crippen LogP contribution in [0.5, 0.6) is 5.75 Å². The van der Waals surface area contributed by atoms with E-state index in [0.29, 0.717) is 5.75 Å². The molecule has 1 N–H and O–H groups in total. The fraction of sp³-hybridized carbons (Fsp3) is 0.304. The first-order valence-corrected chi connectivity index (χ1v) is 9.46. The van der Waals surface area contributed by atoms with Crippen LogP contribution in [0.2, 0.25) is 0 Å². The van der Waals surface area contributed by atoms with E-state index in [9.17, 15) is 9.59 Å². The molecule has 3 aromatic rings. The lowest BCUT2D eigenvalue weighted by atomic mass is 10.0. The molecule has 0 aliphatic rings. The number of rotatable bonds is 7. The number of aryl methyl sites for hydroxylation is 2. The van der Waals surface area contributed by atoms with Crippen molar-refractivity contribution in [1.82, 2.24) is 5.32 Å². The monoisotopic (exact) mass is 395 g/mol. The van der Waals surface area contributed by atoms with Gasteiger partial charge in [-0.05, 0) is 38.0 Å². The summed E-state index contributed by atoms with van der Waals surface area (Å²) in [5, 5.41) is 3.65. The third-order valence-corrected chi connectivity index (χ3v) is 5.00. The molecule has 6 nitrogen and oxygen atoms in total.